The Kier molecular flexibility index (Phi) is 4.04. The first-order valence-corrected chi connectivity index (χ1v) is 6.81. The predicted molar refractivity (Wildman–Crippen MR) is 69.2 cm³/mol. The number of nitrogens with one attached hydrogen (secondary N) is 1. The number of nitrogens with zero attached hydrogens (tertiary/aromatic N) is 1. The number of aromatic nitrogens is 1. The van der Waals surface area contributed by atoms with Gasteiger partial charge in [-0.05, 0) is 26.7 Å². The average molecular weight is 250 g/mol. The second-order valence-electron chi connectivity index (χ2n) is 5.63. The molecule has 1 heterocycles. The van der Waals surface area contributed by atoms with E-state index in [-0.39, 0.29) is 11.4 Å². The quantitative estimate of drug-likeness (QED) is 0.839. The van der Waals surface area contributed by atoms with Crippen molar-refractivity contribution >= 4 is 5.91 Å². The third-order valence-electron chi connectivity index (χ3n) is 3.67. The van der Waals surface area contributed by atoms with Crippen LogP contribution in [0.25, 0.3) is 0 Å². The molecule has 1 aliphatic carbocycles. The van der Waals surface area contributed by atoms with Crippen molar-refractivity contribution in [1.82, 2.24) is 10.5 Å². The molecule has 4 nitrogen and oxygen atoms in total. The molecule has 18 heavy (non-hydrogen) atoms. The van der Waals surface area contributed by atoms with E-state index in [1.54, 1.807) is 0 Å². The number of amides is 1. The molecule has 2 rings (SSSR count). The second-order valence-corrected chi connectivity index (χ2v) is 5.63. The first-order valence-electron chi connectivity index (χ1n) is 6.81. The van der Waals surface area contributed by atoms with Gasteiger partial charge in [-0.1, -0.05) is 30.8 Å². The predicted octanol–water partition coefficient (Wildman–Crippen LogP) is 2.75. The van der Waals surface area contributed by atoms with Gasteiger partial charge in [-0.2, -0.15) is 0 Å². The number of rotatable bonds is 3. The van der Waals surface area contributed by atoms with E-state index in [2.05, 4.69) is 17.4 Å². The van der Waals surface area contributed by atoms with Crippen molar-refractivity contribution < 1.29 is 9.32 Å². The maximum absolute atomic E-state index is 12.0. The molecule has 1 aliphatic rings. The lowest BCUT2D eigenvalue weighted by Gasteiger charge is -2.29. The van der Waals surface area contributed by atoms with Crippen molar-refractivity contribution in [2.24, 2.45) is 0 Å². The van der Waals surface area contributed by atoms with Crippen LogP contribution < -0.4 is 5.32 Å². The summed E-state index contributed by atoms with van der Waals surface area (Å²) in [4.78, 5) is 12.0. The third-order valence-corrected chi connectivity index (χ3v) is 3.67. The van der Waals surface area contributed by atoms with Gasteiger partial charge in [0, 0.05) is 11.6 Å². The number of aryl methyl sites for hydroxylation is 1. The van der Waals surface area contributed by atoms with Crippen molar-refractivity contribution in [3.05, 3.63) is 17.5 Å². The molecule has 1 aromatic heterocycles. The molecule has 0 spiro atoms. The van der Waals surface area contributed by atoms with Crippen molar-refractivity contribution in [3.63, 3.8) is 0 Å². The zero-order chi connectivity index (χ0) is 13.0. The monoisotopic (exact) mass is 250 g/mol. The first kappa shape index (κ1) is 13.1. The standard InChI is InChI=1S/C14H22N2O2/c1-11-9-12(16-18-11)10-13(17)15-14(2)7-5-3-4-6-8-14/h9H,3-8,10H2,1-2H3,(H,15,17). The summed E-state index contributed by atoms with van der Waals surface area (Å²) in [5.41, 5.74) is 0.675. The number of carbonyl (C=O) groups is 1. The van der Waals surface area contributed by atoms with E-state index in [4.69, 9.17) is 4.52 Å². The maximum Gasteiger partial charge on any atom is 0.226 e. The molecule has 1 saturated carbocycles. The molecule has 1 aromatic rings. The van der Waals surface area contributed by atoms with E-state index in [1.165, 1.54) is 25.7 Å². The van der Waals surface area contributed by atoms with Gasteiger partial charge in [0.05, 0.1) is 12.1 Å². The molecule has 100 valence electrons. The Morgan fingerprint density at radius 3 is 2.61 bits per heavy atom. The Bertz CT molecular complexity index is 404. The van der Waals surface area contributed by atoms with Crippen LogP contribution in [0, 0.1) is 6.92 Å². The molecule has 1 N–H and O–H groups in total. The number of hydrogen-bond donors (Lipinski definition) is 1. The Morgan fingerprint density at radius 1 is 1.39 bits per heavy atom. The average Bonchev–Trinajstić information content (AvgIpc) is 2.57. The van der Waals surface area contributed by atoms with Gasteiger partial charge in [-0.25, -0.2) is 0 Å². The van der Waals surface area contributed by atoms with Gasteiger partial charge in [-0.3, -0.25) is 4.79 Å². The van der Waals surface area contributed by atoms with Crippen LogP contribution in [0.2, 0.25) is 0 Å². The van der Waals surface area contributed by atoms with Gasteiger partial charge in [0.15, 0.2) is 0 Å². The summed E-state index contributed by atoms with van der Waals surface area (Å²) in [6, 6.07) is 1.81. The van der Waals surface area contributed by atoms with Gasteiger partial charge in [-0.15, -0.1) is 0 Å². The van der Waals surface area contributed by atoms with Gasteiger partial charge in [0.25, 0.3) is 0 Å². The van der Waals surface area contributed by atoms with Crippen LogP contribution in [0.4, 0.5) is 0 Å². The number of carbonyl (C=O) groups excluding carboxylic acids is 1. The summed E-state index contributed by atoms with van der Waals surface area (Å²) in [6.45, 7) is 3.99. The van der Waals surface area contributed by atoms with Crippen LogP contribution in [-0.2, 0) is 11.2 Å². The van der Waals surface area contributed by atoms with Crippen molar-refractivity contribution in [1.29, 1.82) is 0 Å². The summed E-state index contributed by atoms with van der Waals surface area (Å²) in [7, 11) is 0. The minimum Gasteiger partial charge on any atom is -0.361 e. The molecule has 1 fully saturated rings. The summed E-state index contributed by atoms with van der Waals surface area (Å²) in [5.74, 6) is 0.797. The molecule has 0 bridgehead atoms. The minimum absolute atomic E-state index is 0.0354. The summed E-state index contributed by atoms with van der Waals surface area (Å²) in [5, 5.41) is 7.03. The molecular formula is C14H22N2O2. The van der Waals surface area contributed by atoms with Crippen molar-refractivity contribution in [3.8, 4) is 0 Å². The van der Waals surface area contributed by atoms with Crippen LogP contribution >= 0.6 is 0 Å². The first-order chi connectivity index (χ1) is 8.57. The summed E-state index contributed by atoms with van der Waals surface area (Å²) < 4.78 is 4.97. The highest BCUT2D eigenvalue weighted by Gasteiger charge is 2.27. The topological polar surface area (TPSA) is 55.1 Å². The van der Waals surface area contributed by atoms with Crippen LogP contribution in [-0.4, -0.2) is 16.6 Å². The highest BCUT2D eigenvalue weighted by molar-refractivity contribution is 5.78. The van der Waals surface area contributed by atoms with E-state index in [1.807, 2.05) is 13.0 Å². The van der Waals surface area contributed by atoms with E-state index in [9.17, 15) is 4.79 Å². The molecule has 0 saturated heterocycles. The smallest absolute Gasteiger partial charge is 0.226 e. The Morgan fingerprint density at radius 2 is 2.06 bits per heavy atom. The van der Waals surface area contributed by atoms with Crippen molar-refractivity contribution in [2.45, 2.75) is 64.3 Å². The van der Waals surface area contributed by atoms with E-state index < -0.39 is 0 Å². The van der Waals surface area contributed by atoms with Gasteiger partial charge >= 0.3 is 0 Å². The molecule has 1 amide bonds. The van der Waals surface area contributed by atoms with Crippen LogP contribution in [0.3, 0.4) is 0 Å². The highest BCUT2D eigenvalue weighted by atomic mass is 16.5. The zero-order valence-corrected chi connectivity index (χ0v) is 11.3. The molecular weight excluding hydrogens is 228 g/mol. The second kappa shape index (κ2) is 5.55. The van der Waals surface area contributed by atoms with E-state index >= 15 is 0 Å². The zero-order valence-electron chi connectivity index (χ0n) is 11.3. The van der Waals surface area contributed by atoms with Gasteiger partial charge in [0.2, 0.25) is 5.91 Å². The molecule has 0 aliphatic heterocycles. The molecule has 4 heteroatoms. The lowest BCUT2D eigenvalue weighted by molar-refractivity contribution is -0.122. The van der Waals surface area contributed by atoms with Crippen LogP contribution in [0.5, 0.6) is 0 Å². The largest absolute Gasteiger partial charge is 0.361 e. The molecule has 0 atom stereocenters. The summed E-state index contributed by atoms with van der Waals surface area (Å²) in [6.07, 6.45) is 7.46. The maximum atomic E-state index is 12.0. The normalized spacial score (nSPS) is 19.2. The molecule has 0 radical (unpaired) electrons. The van der Waals surface area contributed by atoms with Crippen molar-refractivity contribution in [2.75, 3.05) is 0 Å². The van der Waals surface area contributed by atoms with Crippen LogP contribution in [0.1, 0.15) is 56.9 Å². The Labute approximate surface area is 108 Å². The fraction of sp³-hybridized carbons (Fsp3) is 0.714. The SMILES string of the molecule is Cc1cc(CC(=O)NC2(C)CCCCCC2)no1. The van der Waals surface area contributed by atoms with E-state index in [0.29, 0.717) is 12.1 Å². The minimum atomic E-state index is -0.0354. The third kappa shape index (κ3) is 3.59. The lowest BCUT2D eigenvalue weighted by Crippen LogP contribution is -2.46. The summed E-state index contributed by atoms with van der Waals surface area (Å²) >= 11 is 0. The highest BCUT2D eigenvalue weighted by Crippen LogP contribution is 2.26. The van der Waals surface area contributed by atoms with Crippen LogP contribution in [0.15, 0.2) is 10.6 Å². The molecule has 0 aromatic carbocycles. The number of hydrogen-bond acceptors (Lipinski definition) is 3. The van der Waals surface area contributed by atoms with Gasteiger partial charge in [0.1, 0.15) is 5.76 Å². The fourth-order valence-corrected chi connectivity index (χ4v) is 2.68. The Hall–Kier alpha value is -1.32. The fourth-order valence-electron chi connectivity index (χ4n) is 2.68. The lowest BCUT2D eigenvalue weighted by atomic mass is 9.92. The molecule has 0 unspecified atom stereocenters. The van der Waals surface area contributed by atoms with Gasteiger partial charge < -0.3 is 9.84 Å². The Balaban J connectivity index is 1.89. The van der Waals surface area contributed by atoms with E-state index in [0.717, 1.165) is 18.6 Å².